The molecule has 0 spiro atoms. The fourth-order valence-electron chi connectivity index (χ4n) is 3.81. The maximum absolute atomic E-state index is 13.2. The monoisotopic (exact) mass is 454 g/mol. The van der Waals surface area contributed by atoms with Crippen LogP contribution in [0.5, 0.6) is 17.2 Å². The van der Waals surface area contributed by atoms with Gasteiger partial charge in [-0.25, -0.2) is 0 Å². The highest BCUT2D eigenvalue weighted by atomic mass is 16.5. The molecule has 0 atom stereocenters. The normalized spacial score (nSPS) is 13.9. The van der Waals surface area contributed by atoms with Crippen molar-refractivity contribution in [2.24, 2.45) is 0 Å². The Morgan fingerprint density at radius 2 is 1.55 bits per heavy atom. The number of ether oxygens (including phenoxy) is 3. The molecular formula is C26H34N2O5. The number of amides is 2. The second-order valence-corrected chi connectivity index (χ2v) is 9.22. The quantitative estimate of drug-likeness (QED) is 0.659. The Morgan fingerprint density at radius 1 is 0.939 bits per heavy atom. The summed E-state index contributed by atoms with van der Waals surface area (Å²) >= 11 is 0. The van der Waals surface area contributed by atoms with Gasteiger partial charge in [0.1, 0.15) is 5.75 Å². The summed E-state index contributed by atoms with van der Waals surface area (Å²) in [5.41, 5.74) is 1.98. The van der Waals surface area contributed by atoms with Crippen molar-refractivity contribution in [2.45, 2.75) is 45.4 Å². The van der Waals surface area contributed by atoms with Crippen molar-refractivity contribution in [3.05, 3.63) is 47.5 Å². The second-order valence-electron chi connectivity index (χ2n) is 9.22. The summed E-state index contributed by atoms with van der Waals surface area (Å²) in [7, 11) is 3.03. The lowest BCUT2D eigenvalue weighted by atomic mass is 9.87. The van der Waals surface area contributed by atoms with E-state index in [4.69, 9.17) is 14.2 Å². The van der Waals surface area contributed by atoms with E-state index in [1.807, 2.05) is 29.2 Å². The Kier molecular flexibility index (Phi) is 7.84. The van der Waals surface area contributed by atoms with Crippen molar-refractivity contribution in [2.75, 3.05) is 39.2 Å². The molecule has 7 heteroatoms. The zero-order valence-electron chi connectivity index (χ0n) is 20.2. The van der Waals surface area contributed by atoms with Crippen LogP contribution in [0.25, 0.3) is 0 Å². The predicted octanol–water partition coefficient (Wildman–Crippen LogP) is 4.64. The SMILES string of the molecule is COc1cc(NC(=O)COc2ccc(C(C)(C)C)cc2)c(C(=O)N2CCCCC2)cc1OC. The standard InChI is InChI=1S/C26H34N2O5/c1-26(2,3)18-9-11-19(12-10-18)33-17-24(29)27-21-16-23(32-5)22(31-4)15-20(21)25(30)28-13-7-6-8-14-28/h9-12,15-16H,6-8,13-14,17H2,1-5H3,(H,27,29). The molecule has 1 aliphatic rings. The van der Waals surface area contributed by atoms with E-state index in [1.165, 1.54) is 19.8 Å². The smallest absolute Gasteiger partial charge is 0.262 e. The van der Waals surface area contributed by atoms with E-state index in [1.54, 1.807) is 12.1 Å². The summed E-state index contributed by atoms with van der Waals surface area (Å²) in [6, 6.07) is 10.9. The van der Waals surface area contributed by atoms with Crippen LogP contribution in [0, 0.1) is 0 Å². The van der Waals surface area contributed by atoms with E-state index in [9.17, 15) is 9.59 Å². The van der Waals surface area contributed by atoms with Gasteiger partial charge in [-0.05, 0) is 48.4 Å². The van der Waals surface area contributed by atoms with Crippen LogP contribution in [0.2, 0.25) is 0 Å². The Morgan fingerprint density at radius 3 is 2.12 bits per heavy atom. The summed E-state index contributed by atoms with van der Waals surface area (Å²) in [5, 5.41) is 2.82. The van der Waals surface area contributed by atoms with E-state index < -0.39 is 0 Å². The fraction of sp³-hybridized carbons (Fsp3) is 0.462. The highest BCUT2D eigenvalue weighted by molar-refractivity contribution is 6.05. The summed E-state index contributed by atoms with van der Waals surface area (Å²) in [5.74, 6) is 0.974. The van der Waals surface area contributed by atoms with Crippen molar-refractivity contribution in [1.82, 2.24) is 4.90 Å². The number of methoxy groups -OCH3 is 2. The molecule has 0 unspecified atom stereocenters. The van der Waals surface area contributed by atoms with Crippen LogP contribution >= 0.6 is 0 Å². The number of likely N-dealkylation sites (tertiary alicyclic amines) is 1. The maximum atomic E-state index is 13.2. The van der Waals surface area contributed by atoms with E-state index in [0.717, 1.165) is 19.3 Å². The lowest BCUT2D eigenvalue weighted by molar-refractivity contribution is -0.118. The van der Waals surface area contributed by atoms with Gasteiger partial charge in [0, 0.05) is 19.2 Å². The number of hydrogen-bond acceptors (Lipinski definition) is 5. The largest absolute Gasteiger partial charge is 0.493 e. The van der Waals surface area contributed by atoms with Crippen LogP contribution in [-0.2, 0) is 10.2 Å². The third-order valence-electron chi connectivity index (χ3n) is 5.76. The molecule has 3 rings (SSSR count). The van der Waals surface area contributed by atoms with Gasteiger partial charge in [0.05, 0.1) is 25.5 Å². The molecule has 1 N–H and O–H groups in total. The molecule has 2 aromatic rings. The van der Waals surface area contributed by atoms with E-state index in [0.29, 0.717) is 41.6 Å². The van der Waals surface area contributed by atoms with Crippen LogP contribution in [0.1, 0.15) is 56.0 Å². The molecule has 2 amide bonds. The first-order valence-corrected chi connectivity index (χ1v) is 11.3. The minimum atomic E-state index is -0.366. The highest BCUT2D eigenvalue weighted by Crippen LogP contribution is 2.34. The predicted molar refractivity (Wildman–Crippen MR) is 129 cm³/mol. The number of rotatable bonds is 7. The molecule has 0 aromatic heterocycles. The van der Waals surface area contributed by atoms with Crippen molar-refractivity contribution in [1.29, 1.82) is 0 Å². The number of benzene rings is 2. The van der Waals surface area contributed by atoms with Gasteiger partial charge in [0.15, 0.2) is 18.1 Å². The fourth-order valence-corrected chi connectivity index (χ4v) is 3.81. The van der Waals surface area contributed by atoms with Gasteiger partial charge < -0.3 is 24.4 Å². The lowest BCUT2D eigenvalue weighted by Crippen LogP contribution is -2.36. The van der Waals surface area contributed by atoms with Crippen molar-refractivity contribution >= 4 is 17.5 Å². The highest BCUT2D eigenvalue weighted by Gasteiger charge is 2.24. The summed E-state index contributed by atoms with van der Waals surface area (Å²) in [6.45, 7) is 7.65. The van der Waals surface area contributed by atoms with Crippen LogP contribution in [0.4, 0.5) is 5.69 Å². The average Bonchev–Trinajstić information content (AvgIpc) is 2.82. The lowest BCUT2D eigenvalue weighted by Gasteiger charge is -2.28. The van der Waals surface area contributed by atoms with E-state index in [2.05, 4.69) is 26.1 Å². The Hall–Kier alpha value is -3.22. The zero-order valence-corrected chi connectivity index (χ0v) is 20.2. The van der Waals surface area contributed by atoms with Gasteiger partial charge >= 0.3 is 0 Å². The summed E-state index contributed by atoms with van der Waals surface area (Å²) < 4.78 is 16.4. The number of piperidine rings is 1. The van der Waals surface area contributed by atoms with Gasteiger partial charge in [0.25, 0.3) is 11.8 Å². The molecule has 2 aromatic carbocycles. The van der Waals surface area contributed by atoms with Crippen molar-refractivity contribution in [3.63, 3.8) is 0 Å². The molecule has 1 fully saturated rings. The van der Waals surface area contributed by atoms with Gasteiger partial charge in [-0.1, -0.05) is 32.9 Å². The summed E-state index contributed by atoms with van der Waals surface area (Å²) in [6.07, 6.45) is 3.07. The second kappa shape index (κ2) is 10.6. The van der Waals surface area contributed by atoms with Crippen LogP contribution in [0.3, 0.4) is 0 Å². The molecule has 1 heterocycles. The van der Waals surface area contributed by atoms with Crippen LogP contribution in [0.15, 0.2) is 36.4 Å². The first-order valence-electron chi connectivity index (χ1n) is 11.3. The number of nitrogens with zero attached hydrogens (tertiary/aromatic N) is 1. The molecule has 1 saturated heterocycles. The molecule has 0 aliphatic carbocycles. The first kappa shape index (κ1) is 24.4. The maximum Gasteiger partial charge on any atom is 0.262 e. The van der Waals surface area contributed by atoms with Crippen LogP contribution in [-0.4, -0.2) is 50.6 Å². The van der Waals surface area contributed by atoms with Crippen molar-refractivity contribution < 1.29 is 23.8 Å². The zero-order chi connectivity index (χ0) is 24.0. The molecule has 1 aliphatic heterocycles. The Balaban J connectivity index is 1.75. The molecule has 178 valence electrons. The summed E-state index contributed by atoms with van der Waals surface area (Å²) in [4.78, 5) is 27.7. The number of nitrogens with one attached hydrogen (secondary N) is 1. The molecule has 0 radical (unpaired) electrons. The minimum absolute atomic E-state index is 0.0423. The van der Waals surface area contributed by atoms with E-state index >= 15 is 0 Å². The Labute approximate surface area is 196 Å². The number of carbonyl (C=O) groups excluding carboxylic acids is 2. The molecule has 0 bridgehead atoms. The van der Waals surface area contributed by atoms with E-state index in [-0.39, 0.29) is 23.8 Å². The molecule has 33 heavy (non-hydrogen) atoms. The minimum Gasteiger partial charge on any atom is -0.493 e. The number of carbonyl (C=O) groups is 2. The van der Waals surface area contributed by atoms with Crippen LogP contribution < -0.4 is 19.5 Å². The average molecular weight is 455 g/mol. The molecular weight excluding hydrogens is 420 g/mol. The van der Waals surface area contributed by atoms with Crippen molar-refractivity contribution in [3.8, 4) is 17.2 Å². The van der Waals surface area contributed by atoms with Gasteiger partial charge in [-0.3, -0.25) is 9.59 Å². The van der Waals surface area contributed by atoms with Gasteiger partial charge in [-0.15, -0.1) is 0 Å². The number of hydrogen-bond donors (Lipinski definition) is 1. The third kappa shape index (κ3) is 6.18. The third-order valence-corrected chi connectivity index (χ3v) is 5.76. The Bertz CT molecular complexity index is 973. The van der Waals surface area contributed by atoms with Gasteiger partial charge in [0.2, 0.25) is 0 Å². The first-order chi connectivity index (χ1) is 15.7. The van der Waals surface area contributed by atoms with Gasteiger partial charge in [-0.2, -0.15) is 0 Å². The number of anilines is 1. The molecule has 7 nitrogen and oxygen atoms in total. The molecule has 0 saturated carbocycles. The topological polar surface area (TPSA) is 77.1 Å².